The normalized spacial score (nSPS) is 10.6. The Hall–Kier alpha value is -3.65. The van der Waals surface area contributed by atoms with Gasteiger partial charge in [0.15, 0.2) is 5.13 Å². The standard InChI is InChI=1S/C21H14F2N4OS/c22-14-1-6-17(18(23)11-14)20(28)25-15-2-4-16(5-3-15)26-21-27-19(12-29-21)13-7-9-24-10-8-13/h1-12H,(H,25,28)(H,26,27). The lowest BCUT2D eigenvalue weighted by Gasteiger charge is -2.08. The average Bonchev–Trinajstić information content (AvgIpc) is 3.18. The number of hydrogen-bond acceptors (Lipinski definition) is 5. The molecule has 144 valence electrons. The molecule has 5 nitrogen and oxygen atoms in total. The third-order valence-corrected chi connectivity index (χ3v) is 4.81. The number of nitrogens with zero attached hydrogens (tertiary/aromatic N) is 2. The van der Waals surface area contributed by atoms with E-state index in [2.05, 4.69) is 20.6 Å². The molecule has 0 radical (unpaired) electrons. The predicted octanol–water partition coefficient (Wildman–Crippen LogP) is 5.48. The number of nitrogens with one attached hydrogen (secondary N) is 2. The highest BCUT2D eigenvalue weighted by atomic mass is 32.1. The van der Waals surface area contributed by atoms with Gasteiger partial charge in [-0.15, -0.1) is 11.3 Å². The van der Waals surface area contributed by atoms with Crippen molar-refractivity contribution < 1.29 is 13.6 Å². The molecule has 4 aromatic rings. The minimum atomic E-state index is -0.908. The second-order valence-electron chi connectivity index (χ2n) is 6.05. The van der Waals surface area contributed by atoms with Crippen LogP contribution in [0.4, 0.5) is 25.3 Å². The van der Waals surface area contributed by atoms with Gasteiger partial charge in [-0.2, -0.15) is 0 Å². The zero-order chi connectivity index (χ0) is 20.2. The van der Waals surface area contributed by atoms with E-state index in [9.17, 15) is 13.6 Å². The number of carbonyl (C=O) groups excluding carboxylic acids is 1. The van der Waals surface area contributed by atoms with E-state index in [1.54, 1.807) is 36.7 Å². The monoisotopic (exact) mass is 408 g/mol. The molecule has 0 saturated heterocycles. The lowest BCUT2D eigenvalue weighted by Crippen LogP contribution is -2.13. The van der Waals surface area contributed by atoms with Gasteiger partial charge in [0.25, 0.3) is 5.91 Å². The number of benzene rings is 2. The maximum atomic E-state index is 13.7. The number of amides is 1. The van der Waals surface area contributed by atoms with Gasteiger partial charge in [-0.1, -0.05) is 0 Å². The van der Waals surface area contributed by atoms with E-state index in [4.69, 9.17) is 0 Å². The first kappa shape index (κ1) is 18.7. The summed E-state index contributed by atoms with van der Waals surface area (Å²) in [6.45, 7) is 0. The highest BCUT2D eigenvalue weighted by molar-refractivity contribution is 7.14. The molecule has 2 N–H and O–H groups in total. The molecule has 2 aromatic heterocycles. The van der Waals surface area contributed by atoms with Gasteiger partial charge >= 0.3 is 0 Å². The number of rotatable bonds is 5. The van der Waals surface area contributed by atoms with Crippen molar-refractivity contribution in [2.24, 2.45) is 0 Å². The smallest absolute Gasteiger partial charge is 0.258 e. The van der Waals surface area contributed by atoms with Crippen molar-refractivity contribution in [3.8, 4) is 11.3 Å². The molecule has 0 fully saturated rings. The third kappa shape index (κ3) is 4.44. The molecule has 0 aliphatic rings. The molecule has 0 aliphatic carbocycles. The van der Waals surface area contributed by atoms with Gasteiger partial charge < -0.3 is 10.6 Å². The highest BCUT2D eigenvalue weighted by Crippen LogP contribution is 2.27. The molecular formula is C21H14F2N4OS. The van der Waals surface area contributed by atoms with Gasteiger partial charge in [-0.05, 0) is 48.5 Å². The molecule has 2 aromatic carbocycles. The Kier molecular flexibility index (Phi) is 5.26. The van der Waals surface area contributed by atoms with Crippen molar-refractivity contribution in [1.29, 1.82) is 0 Å². The number of halogens is 2. The van der Waals surface area contributed by atoms with Gasteiger partial charge in [-0.25, -0.2) is 13.8 Å². The van der Waals surface area contributed by atoms with E-state index < -0.39 is 17.5 Å². The summed E-state index contributed by atoms with van der Waals surface area (Å²) in [6.07, 6.45) is 3.43. The number of aromatic nitrogens is 2. The number of pyridine rings is 1. The van der Waals surface area contributed by atoms with Crippen molar-refractivity contribution in [3.63, 3.8) is 0 Å². The van der Waals surface area contributed by atoms with Gasteiger partial charge in [-0.3, -0.25) is 9.78 Å². The van der Waals surface area contributed by atoms with E-state index >= 15 is 0 Å². The predicted molar refractivity (Wildman–Crippen MR) is 109 cm³/mol. The number of carbonyl (C=O) groups is 1. The summed E-state index contributed by atoms with van der Waals surface area (Å²) in [6, 6.07) is 13.5. The molecule has 0 aliphatic heterocycles. The van der Waals surface area contributed by atoms with Crippen molar-refractivity contribution in [3.05, 3.63) is 89.6 Å². The van der Waals surface area contributed by atoms with Crippen LogP contribution < -0.4 is 10.6 Å². The van der Waals surface area contributed by atoms with Crippen LogP contribution in [0.2, 0.25) is 0 Å². The summed E-state index contributed by atoms with van der Waals surface area (Å²) in [5.74, 6) is -2.29. The maximum absolute atomic E-state index is 13.7. The summed E-state index contributed by atoms with van der Waals surface area (Å²) in [5.41, 5.74) is 2.88. The van der Waals surface area contributed by atoms with Crippen LogP contribution in [0.3, 0.4) is 0 Å². The summed E-state index contributed by atoms with van der Waals surface area (Å²) >= 11 is 1.47. The molecule has 8 heteroatoms. The van der Waals surface area contributed by atoms with Crippen molar-refractivity contribution in [2.45, 2.75) is 0 Å². The van der Waals surface area contributed by atoms with Gasteiger partial charge in [0.2, 0.25) is 0 Å². The fraction of sp³-hybridized carbons (Fsp3) is 0. The van der Waals surface area contributed by atoms with E-state index in [0.29, 0.717) is 11.8 Å². The quantitative estimate of drug-likeness (QED) is 0.459. The zero-order valence-electron chi connectivity index (χ0n) is 14.9. The molecule has 0 spiro atoms. The average molecular weight is 408 g/mol. The van der Waals surface area contributed by atoms with Crippen LogP contribution >= 0.6 is 11.3 Å². The minimum Gasteiger partial charge on any atom is -0.332 e. The van der Waals surface area contributed by atoms with E-state index in [1.165, 1.54) is 11.3 Å². The highest BCUT2D eigenvalue weighted by Gasteiger charge is 2.13. The molecule has 0 atom stereocenters. The summed E-state index contributed by atoms with van der Waals surface area (Å²) in [7, 11) is 0. The Labute approximate surface area is 169 Å². The second-order valence-corrected chi connectivity index (χ2v) is 6.91. The first-order valence-electron chi connectivity index (χ1n) is 8.58. The van der Waals surface area contributed by atoms with Crippen LogP contribution in [0.5, 0.6) is 0 Å². The first-order valence-corrected chi connectivity index (χ1v) is 9.46. The fourth-order valence-corrected chi connectivity index (χ4v) is 3.36. The maximum Gasteiger partial charge on any atom is 0.258 e. The van der Waals surface area contributed by atoms with Crippen LogP contribution in [0, 0.1) is 11.6 Å². The SMILES string of the molecule is O=C(Nc1ccc(Nc2nc(-c3ccncc3)cs2)cc1)c1ccc(F)cc1F. The third-order valence-electron chi connectivity index (χ3n) is 4.05. The van der Waals surface area contributed by atoms with Crippen LogP contribution in [0.25, 0.3) is 11.3 Å². The van der Waals surface area contributed by atoms with Crippen molar-refractivity contribution in [2.75, 3.05) is 10.6 Å². The van der Waals surface area contributed by atoms with Gasteiger partial charge in [0, 0.05) is 40.8 Å². The lowest BCUT2D eigenvalue weighted by molar-refractivity contribution is 0.102. The summed E-state index contributed by atoms with van der Waals surface area (Å²) in [5, 5.41) is 8.46. The molecule has 4 rings (SSSR count). The van der Waals surface area contributed by atoms with Gasteiger partial charge in [0.05, 0.1) is 11.3 Å². The molecule has 0 bridgehead atoms. The topological polar surface area (TPSA) is 66.9 Å². The molecule has 1 amide bonds. The Balaban J connectivity index is 1.42. The second kappa shape index (κ2) is 8.15. The molecular weight excluding hydrogens is 394 g/mol. The van der Waals surface area contributed by atoms with Crippen LogP contribution in [-0.2, 0) is 0 Å². The van der Waals surface area contributed by atoms with Crippen LogP contribution in [0.15, 0.2) is 72.4 Å². The Morgan fingerprint density at radius 1 is 0.931 bits per heavy atom. The number of thiazole rings is 1. The van der Waals surface area contributed by atoms with E-state index in [1.807, 2.05) is 17.5 Å². The van der Waals surface area contributed by atoms with Crippen molar-refractivity contribution in [1.82, 2.24) is 9.97 Å². The van der Waals surface area contributed by atoms with E-state index in [-0.39, 0.29) is 5.56 Å². The van der Waals surface area contributed by atoms with E-state index in [0.717, 1.165) is 34.2 Å². The number of hydrogen-bond donors (Lipinski definition) is 2. The first-order chi connectivity index (χ1) is 14.1. The lowest BCUT2D eigenvalue weighted by atomic mass is 10.2. The minimum absolute atomic E-state index is 0.222. The Bertz CT molecular complexity index is 1150. The zero-order valence-corrected chi connectivity index (χ0v) is 15.7. The molecule has 0 saturated carbocycles. The van der Waals surface area contributed by atoms with Crippen LogP contribution in [0.1, 0.15) is 10.4 Å². The Morgan fingerprint density at radius 3 is 2.38 bits per heavy atom. The van der Waals surface area contributed by atoms with Gasteiger partial charge in [0.1, 0.15) is 11.6 Å². The molecule has 0 unspecified atom stereocenters. The summed E-state index contributed by atoms with van der Waals surface area (Å²) < 4.78 is 26.7. The molecule has 2 heterocycles. The summed E-state index contributed by atoms with van der Waals surface area (Å²) in [4.78, 5) is 20.7. The largest absolute Gasteiger partial charge is 0.332 e. The van der Waals surface area contributed by atoms with Crippen LogP contribution in [-0.4, -0.2) is 15.9 Å². The van der Waals surface area contributed by atoms with Crippen molar-refractivity contribution >= 4 is 33.8 Å². The Morgan fingerprint density at radius 2 is 1.66 bits per heavy atom. The number of anilines is 3. The fourth-order valence-electron chi connectivity index (χ4n) is 2.62. The molecule has 29 heavy (non-hydrogen) atoms.